The van der Waals surface area contributed by atoms with E-state index in [0.29, 0.717) is 22.4 Å². The molecule has 0 spiro atoms. The maximum absolute atomic E-state index is 13.0. The molecule has 0 saturated carbocycles. The number of hydrogen-bond acceptors (Lipinski definition) is 3. The molecule has 1 amide bonds. The van der Waals surface area contributed by atoms with Gasteiger partial charge in [0, 0.05) is 5.25 Å². The second-order valence-corrected chi connectivity index (χ2v) is 5.24. The second-order valence-electron chi connectivity index (χ2n) is 3.81. The zero-order valence-corrected chi connectivity index (χ0v) is 10.8. The van der Waals surface area contributed by atoms with Crippen molar-refractivity contribution in [2.45, 2.75) is 25.5 Å². The Balaban J connectivity index is 2.53. The highest BCUT2D eigenvalue weighted by Crippen LogP contribution is 2.20. The lowest BCUT2D eigenvalue weighted by molar-refractivity contribution is -0.113. The molecule has 0 aliphatic heterocycles. The van der Waals surface area contributed by atoms with Crippen molar-refractivity contribution in [1.82, 2.24) is 0 Å². The number of nitrogen functional groups attached to an aromatic ring is 1. The molecule has 0 heterocycles. The fraction of sp³-hybridized carbons (Fsp3) is 0.417. The largest absolute Gasteiger partial charge is 0.397 e. The summed E-state index contributed by atoms with van der Waals surface area (Å²) in [5, 5.41) is 3.04. The van der Waals surface area contributed by atoms with Gasteiger partial charge in [0.25, 0.3) is 0 Å². The van der Waals surface area contributed by atoms with Crippen molar-refractivity contribution in [3.63, 3.8) is 0 Å². The molecule has 94 valence electrons. The van der Waals surface area contributed by atoms with Gasteiger partial charge in [-0.15, -0.1) is 11.8 Å². The third kappa shape index (κ3) is 4.65. The number of amides is 1. The summed E-state index contributed by atoms with van der Waals surface area (Å²) in [4.78, 5) is 11.6. The van der Waals surface area contributed by atoms with Gasteiger partial charge in [0.05, 0.1) is 17.1 Å². The van der Waals surface area contributed by atoms with Gasteiger partial charge in [-0.05, 0) is 24.6 Å². The van der Waals surface area contributed by atoms with Gasteiger partial charge in [0.2, 0.25) is 5.91 Å². The predicted octanol–water partition coefficient (Wildman–Crippen LogP) is 2.88. The first-order valence-electron chi connectivity index (χ1n) is 5.49. The van der Waals surface area contributed by atoms with Crippen LogP contribution in [-0.2, 0) is 4.79 Å². The average molecular weight is 256 g/mol. The monoisotopic (exact) mass is 256 g/mol. The molecule has 0 radical (unpaired) electrons. The third-order valence-corrected chi connectivity index (χ3v) is 3.69. The van der Waals surface area contributed by atoms with E-state index in [-0.39, 0.29) is 5.91 Å². The minimum absolute atomic E-state index is 0.160. The molecule has 0 aliphatic rings. The molecule has 1 aromatic carbocycles. The van der Waals surface area contributed by atoms with Gasteiger partial charge in [-0.25, -0.2) is 4.39 Å². The zero-order valence-electron chi connectivity index (χ0n) is 10.00. The lowest BCUT2D eigenvalue weighted by Gasteiger charge is -2.10. The second kappa shape index (κ2) is 6.49. The maximum Gasteiger partial charge on any atom is 0.234 e. The number of nitrogens with two attached hydrogens (primary N) is 1. The molecular weight excluding hydrogens is 239 g/mol. The first-order chi connectivity index (χ1) is 8.02. The zero-order chi connectivity index (χ0) is 12.8. The number of rotatable bonds is 5. The van der Waals surface area contributed by atoms with Crippen LogP contribution in [0.4, 0.5) is 15.8 Å². The summed E-state index contributed by atoms with van der Waals surface area (Å²) < 4.78 is 13.0. The predicted molar refractivity (Wildman–Crippen MR) is 71.7 cm³/mol. The molecule has 0 bridgehead atoms. The Morgan fingerprint density at radius 3 is 2.94 bits per heavy atom. The van der Waals surface area contributed by atoms with Crippen LogP contribution >= 0.6 is 11.8 Å². The van der Waals surface area contributed by atoms with E-state index in [9.17, 15) is 9.18 Å². The molecule has 1 unspecified atom stereocenters. The van der Waals surface area contributed by atoms with Gasteiger partial charge in [-0.3, -0.25) is 4.79 Å². The quantitative estimate of drug-likeness (QED) is 0.796. The van der Waals surface area contributed by atoms with Crippen LogP contribution in [0, 0.1) is 5.82 Å². The van der Waals surface area contributed by atoms with E-state index < -0.39 is 5.82 Å². The van der Waals surface area contributed by atoms with Gasteiger partial charge in [0.1, 0.15) is 5.82 Å². The number of nitrogens with one attached hydrogen (secondary N) is 1. The van der Waals surface area contributed by atoms with Gasteiger partial charge in [0.15, 0.2) is 0 Å². The van der Waals surface area contributed by atoms with E-state index in [1.54, 1.807) is 11.8 Å². The van der Waals surface area contributed by atoms with Gasteiger partial charge < -0.3 is 11.1 Å². The molecule has 0 aliphatic carbocycles. The number of carbonyl (C=O) groups is 1. The lowest BCUT2D eigenvalue weighted by Crippen LogP contribution is -2.16. The van der Waals surface area contributed by atoms with Crippen molar-refractivity contribution >= 4 is 29.0 Å². The van der Waals surface area contributed by atoms with E-state index in [0.717, 1.165) is 6.42 Å². The number of halogens is 1. The van der Waals surface area contributed by atoms with Crippen molar-refractivity contribution in [2.75, 3.05) is 16.8 Å². The molecular formula is C12H17FN2OS. The maximum atomic E-state index is 13.0. The van der Waals surface area contributed by atoms with E-state index in [2.05, 4.69) is 19.2 Å². The summed E-state index contributed by atoms with van der Waals surface area (Å²) in [5.41, 5.74) is 6.33. The van der Waals surface area contributed by atoms with Crippen molar-refractivity contribution in [3.05, 3.63) is 24.0 Å². The minimum atomic E-state index is -0.413. The molecule has 0 saturated heterocycles. The fourth-order valence-corrected chi connectivity index (χ4v) is 1.90. The molecule has 0 fully saturated rings. The van der Waals surface area contributed by atoms with Crippen LogP contribution in [0.15, 0.2) is 18.2 Å². The van der Waals surface area contributed by atoms with Gasteiger partial charge >= 0.3 is 0 Å². The van der Waals surface area contributed by atoms with Crippen LogP contribution in [0.5, 0.6) is 0 Å². The Kier molecular flexibility index (Phi) is 5.28. The third-order valence-electron chi connectivity index (χ3n) is 2.36. The SMILES string of the molecule is CCC(C)SCC(=O)Nc1cc(F)ccc1N. The molecule has 0 aromatic heterocycles. The van der Waals surface area contributed by atoms with Crippen LogP contribution in [-0.4, -0.2) is 16.9 Å². The summed E-state index contributed by atoms with van der Waals surface area (Å²) in [6.45, 7) is 4.13. The topological polar surface area (TPSA) is 55.1 Å². The van der Waals surface area contributed by atoms with Gasteiger partial charge in [-0.2, -0.15) is 0 Å². The molecule has 1 rings (SSSR count). The standard InChI is InChI=1S/C12H17FN2OS/c1-3-8(2)17-7-12(16)15-11-6-9(13)4-5-10(11)14/h4-6,8H,3,7,14H2,1-2H3,(H,15,16). The van der Waals surface area contributed by atoms with Crippen molar-refractivity contribution in [1.29, 1.82) is 0 Å². The normalized spacial score (nSPS) is 12.2. The Hall–Kier alpha value is -1.23. The highest BCUT2D eigenvalue weighted by molar-refractivity contribution is 8.00. The summed E-state index contributed by atoms with van der Waals surface area (Å²) in [5.74, 6) is -0.220. The van der Waals surface area contributed by atoms with Crippen molar-refractivity contribution < 1.29 is 9.18 Å². The number of benzene rings is 1. The van der Waals surface area contributed by atoms with Crippen LogP contribution < -0.4 is 11.1 Å². The molecule has 1 atom stereocenters. The Morgan fingerprint density at radius 1 is 1.59 bits per heavy atom. The molecule has 3 nitrogen and oxygen atoms in total. The molecule has 3 N–H and O–H groups in total. The summed E-state index contributed by atoms with van der Waals surface area (Å²) in [6, 6.07) is 3.92. The Morgan fingerprint density at radius 2 is 2.29 bits per heavy atom. The Labute approximate surface area is 105 Å². The summed E-state index contributed by atoms with van der Waals surface area (Å²) in [7, 11) is 0. The van der Waals surface area contributed by atoms with E-state index in [1.807, 2.05) is 0 Å². The highest BCUT2D eigenvalue weighted by atomic mass is 32.2. The average Bonchev–Trinajstić information content (AvgIpc) is 2.30. The fourth-order valence-electron chi connectivity index (χ4n) is 1.16. The smallest absolute Gasteiger partial charge is 0.234 e. The van der Waals surface area contributed by atoms with Crippen LogP contribution in [0.2, 0.25) is 0 Å². The molecule has 17 heavy (non-hydrogen) atoms. The Bertz CT molecular complexity index is 398. The first kappa shape index (κ1) is 13.8. The number of thioether (sulfide) groups is 1. The number of carbonyl (C=O) groups excluding carboxylic acids is 1. The lowest BCUT2D eigenvalue weighted by atomic mass is 10.2. The van der Waals surface area contributed by atoms with Crippen LogP contribution in [0.1, 0.15) is 20.3 Å². The van der Waals surface area contributed by atoms with Crippen molar-refractivity contribution in [3.8, 4) is 0 Å². The van der Waals surface area contributed by atoms with E-state index >= 15 is 0 Å². The highest BCUT2D eigenvalue weighted by Gasteiger charge is 2.08. The van der Waals surface area contributed by atoms with E-state index in [4.69, 9.17) is 5.73 Å². The van der Waals surface area contributed by atoms with Crippen molar-refractivity contribution in [2.24, 2.45) is 0 Å². The molecule has 1 aromatic rings. The first-order valence-corrected chi connectivity index (χ1v) is 6.54. The number of anilines is 2. The van der Waals surface area contributed by atoms with Crippen LogP contribution in [0.25, 0.3) is 0 Å². The number of hydrogen-bond donors (Lipinski definition) is 2. The summed E-state index contributed by atoms with van der Waals surface area (Å²) in [6.07, 6.45) is 1.01. The summed E-state index contributed by atoms with van der Waals surface area (Å²) >= 11 is 1.57. The van der Waals surface area contributed by atoms with E-state index in [1.165, 1.54) is 18.2 Å². The minimum Gasteiger partial charge on any atom is -0.397 e. The van der Waals surface area contributed by atoms with Gasteiger partial charge in [-0.1, -0.05) is 13.8 Å². The van der Waals surface area contributed by atoms with Crippen LogP contribution in [0.3, 0.4) is 0 Å². The molecule has 5 heteroatoms.